The number of rotatable bonds is 6. The maximum atomic E-state index is 12.8. The Balaban J connectivity index is 1.67. The van der Waals surface area contributed by atoms with E-state index in [0.717, 1.165) is 29.5 Å². The summed E-state index contributed by atoms with van der Waals surface area (Å²) in [5, 5.41) is 0.643. The normalized spacial score (nSPS) is 16.9. The summed E-state index contributed by atoms with van der Waals surface area (Å²) in [6.07, 6.45) is 4.35. The Morgan fingerprint density at radius 1 is 1.31 bits per heavy atom. The van der Waals surface area contributed by atoms with Crippen LogP contribution >= 0.6 is 11.6 Å². The topological polar surface area (TPSA) is 79.2 Å². The molecule has 1 saturated heterocycles. The van der Waals surface area contributed by atoms with Gasteiger partial charge in [0.05, 0.1) is 6.04 Å². The van der Waals surface area contributed by atoms with Crippen molar-refractivity contribution in [2.75, 3.05) is 6.54 Å². The molecule has 2 aromatic rings. The first kappa shape index (κ1) is 18.7. The molecule has 1 aromatic heterocycles. The molecule has 0 radical (unpaired) electrons. The van der Waals surface area contributed by atoms with E-state index in [4.69, 9.17) is 17.3 Å². The van der Waals surface area contributed by atoms with E-state index >= 15 is 0 Å². The number of carbonyl (C=O) groups excluding carboxylic acids is 2. The number of aryl methyl sites for hydroxylation is 2. The number of nitrogens with two attached hydrogens (primary N) is 1. The van der Waals surface area contributed by atoms with Gasteiger partial charge in [-0.3, -0.25) is 9.59 Å². The lowest BCUT2D eigenvalue weighted by Crippen LogP contribution is -2.40. The third-order valence-corrected chi connectivity index (χ3v) is 5.21. The number of benzene rings is 1. The van der Waals surface area contributed by atoms with E-state index in [9.17, 15) is 9.59 Å². The molecule has 1 aliphatic rings. The molecule has 0 unspecified atom stereocenters. The Kier molecular flexibility index (Phi) is 5.79. The van der Waals surface area contributed by atoms with Gasteiger partial charge in [-0.25, -0.2) is 0 Å². The minimum atomic E-state index is -0.341. The summed E-state index contributed by atoms with van der Waals surface area (Å²) in [6.45, 7) is 2.97. The second-order valence-electron chi connectivity index (χ2n) is 6.83. The molecule has 0 saturated carbocycles. The van der Waals surface area contributed by atoms with Crippen molar-refractivity contribution in [2.45, 2.75) is 45.2 Å². The molecule has 0 spiro atoms. The number of aromatic amines is 1. The molecule has 26 heavy (non-hydrogen) atoms. The van der Waals surface area contributed by atoms with Crippen LogP contribution in [0.2, 0.25) is 5.02 Å². The third-order valence-electron chi connectivity index (χ3n) is 4.97. The number of H-pyrrole nitrogens is 1. The van der Waals surface area contributed by atoms with Crippen molar-refractivity contribution in [1.82, 2.24) is 9.88 Å². The number of hydrogen-bond acceptors (Lipinski definition) is 3. The molecular formula is C20H24ClN3O2. The number of carbonyl (C=O) groups is 2. The van der Waals surface area contributed by atoms with E-state index in [1.165, 1.54) is 0 Å². The molecule has 1 aliphatic heterocycles. The lowest BCUT2D eigenvalue weighted by Gasteiger charge is -2.23. The van der Waals surface area contributed by atoms with Crippen LogP contribution in [0, 0.1) is 6.92 Å². The first-order valence-electron chi connectivity index (χ1n) is 8.95. The van der Waals surface area contributed by atoms with Crippen molar-refractivity contribution in [1.29, 1.82) is 0 Å². The van der Waals surface area contributed by atoms with Gasteiger partial charge in [0.25, 0.3) is 5.91 Å². The van der Waals surface area contributed by atoms with Crippen LogP contribution in [-0.4, -0.2) is 34.2 Å². The van der Waals surface area contributed by atoms with Gasteiger partial charge >= 0.3 is 0 Å². The summed E-state index contributed by atoms with van der Waals surface area (Å²) < 4.78 is 0. The highest BCUT2D eigenvalue weighted by atomic mass is 35.5. The zero-order valence-electron chi connectivity index (χ0n) is 14.9. The number of halogens is 1. The van der Waals surface area contributed by atoms with E-state index in [2.05, 4.69) is 4.98 Å². The molecule has 1 aromatic carbocycles. The van der Waals surface area contributed by atoms with E-state index < -0.39 is 0 Å². The Bertz CT molecular complexity index is 815. The van der Waals surface area contributed by atoms with E-state index in [1.54, 1.807) is 11.1 Å². The number of nitrogens with zero attached hydrogens (tertiary/aromatic N) is 1. The summed E-state index contributed by atoms with van der Waals surface area (Å²) in [6, 6.07) is 7.07. The fraction of sp³-hybridized carbons (Fsp3) is 0.400. The minimum Gasteiger partial charge on any atom is -0.357 e. The molecule has 6 heteroatoms. The van der Waals surface area contributed by atoms with Crippen LogP contribution in [0.5, 0.6) is 0 Å². The van der Waals surface area contributed by atoms with Crippen molar-refractivity contribution in [3.63, 3.8) is 0 Å². The van der Waals surface area contributed by atoms with E-state index in [-0.39, 0.29) is 17.7 Å². The second-order valence-corrected chi connectivity index (χ2v) is 7.27. The number of hydrogen-bond donors (Lipinski definition) is 2. The van der Waals surface area contributed by atoms with Gasteiger partial charge < -0.3 is 15.6 Å². The van der Waals surface area contributed by atoms with Crippen molar-refractivity contribution in [3.05, 3.63) is 57.9 Å². The fourth-order valence-electron chi connectivity index (χ4n) is 3.58. The van der Waals surface area contributed by atoms with Crippen molar-refractivity contribution >= 4 is 23.3 Å². The Morgan fingerprint density at radius 3 is 2.81 bits per heavy atom. The van der Waals surface area contributed by atoms with Crippen molar-refractivity contribution in [2.24, 2.45) is 5.73 Å². The molecule has 3 rings (SSSR count). The standard InChI is InChI=1S/C20H24ClN3O2/c1-13-9-17(23-12-13)20(26)24-8-2-3-18(24)19(25)7-5-14-10-16(21)6-4-15(14)11-22/h4,6,9-10,12,18,23H,2-3,5,7-8,11,22H2,1H3/t18-/m0/s1. The molecule has 3 N–H and O–H groups in total. The maximum absolute atomic E-state index is 12.8. The molecule has 0 aliphatic carbocycles. The number of nitrogens with one attached hydrogen (secondary N) is 1. The third kappa shape index (κ3) is 4.00. The molecule has 1 amide bonds. The van der Waals surface area contributed by atoms with Gasteiger partial charge in [0, 0.05) is 30.7 Å². The monoisotopic (exact) mass is 373 g/mol. The van der Waals surface area contributed by atoms with Gasteiger partial charge in [0.1, 0.15) is 5.69 Å². The smallest absolute Gasteiger partial charge is 0.270 e. The summed E-state index contributed by atoms with van der Waals surface area (Å²) in [5.74, 6) is 0.00132. The van der Waals surface area contributed by atoms with Gasteiger partial charge in [-0.1, -0.05) is 17.7 Å². The average Bonchev–Trinajstić information content (AvgIpc) is 3.28. The van der Waals surface area contributed by atoms with Crippen LogP contribution in [0.4, 0.5) is 0 Å². The number of likely N-dealkylation sites (tertiary alicyclic amines) is 1. The van der Waals surface area contributed by atoms with Crippen LogP contribution in [0.3, 0.4) is 0 Å². The lowest BCUT2D eigenvalue weighted by atomic mass is 9.98. The molecule has 1 atom stereocenters. The molecular weight excluding hydrogens is 350 g/mol. The fourth-order valence-corrected chi connectivity index (χ4v) is 3.77. The first-order chi connectivity index (χ1) is 12.5. The number of ketones is 1. The number of aromatic nitrogens is 1. The molecule has 1 fully saturated rings. The second kappa shape index (κ2) is 8.06. The van der Waals surface area contributed by atoms with Crippen LogP contribution in [0.25, 0.3) is 0 Å². The maximum Gasteiger partial charge on any atom is 0.270 e. The predicted molar refractivity (Wildman–Crippen MR) is 102 cm³/mol. The highest BCUT2D eigenvalue weighted by Gasteiger charge is 2.34. The van der Waals surface area contributed by atoms with Crippen LogP contribution < -0.4 is 5.73 Å². The Morgan fingerprint density at radius 2 is 2.12 bits per heavy atom. The van der Waals surface area contributed by atoms with Crippen molar-refractivity contribution < 1.29 is 9.59 Å². The summed E-state index contributed by atoms with van der Waals surface area (Å²) >= 11 is 6.07. The summed E-state index contributed by atoms with van der Waals surface area (Å²) in [7, 11) is 0. The van der Waals surface area contributed by atoms with E-state index in [0.29, 0.717) is 36.6 Å². The number of Topliss-reactive ketones (excluding diaryl/α,β-unsaturated/α-hetero) is 1. The average molecular weight is 374 g/mol. The zero-order chi connectivity index (χ0) is 18.7. The molecule has 5 nitrogen and oxygen atoms in total. The van der Waals surface area contributed by atoms with Crippen LogP contribution in [0.1, 0.15) is 46.4 Å². The van der Waals surface area contributed by atoms with Gasteiger partial charge in [0.15, 0.2) is 5.78 Å². The van der Waals surface area contributed by atoms with Crippen molar-refractivity contribution in [3.8, 4) is 0 Å². The summed E-state index contributed by atoms with van der Waals surface area (Å²) in [5.41, 5.74) is 9.33. The summed E-state index contributed by atoms with van der Waals surface area (Å²) in [4.78, 5) is 30.2. The molecule has 0 bridgehead atoms. The van der Waals surface area contributed by atoms with E-state index in [1.807, 2.05) is 31.2 Å². The van der Waals surface area contributed by atoms with Gasteiger partial charge in [-0.15, -0.1) is 0 Å². The SMILES string of the molecule is Cc1c[nH]c(C(=O)N2CCC[C@H]2C(=O)CCc2cc(Cl)ccc2CN)c1. The lowest BCUT2D eigenvalue weighted by molar-refractivity contribution is -0.122. The molecule has 2 heterocycles. The Hall–Kier alpha value is -2.11. The minimum absolute atomic E-state index is 0.0978. The predicted octanol–water partition coefficient (Wildman–Crippen LogP) is 3.24. The van der Waals surface area contributed by atoms with Gasteiger partial charge in [-0.2, -0.15) is 0 Å². The largest absolute Gasteiger partial charge is 0.357 e. The number of amides is 1. The van der Waals surface area contributed by atoms with Gasteiger partial charge in [0.2, 0.25) is 0 Å². The van der Waals surface area contributed by atoms with Crippen LogP contribution in [0.15, 0.2) is 30.5 Å². The highest BCUT2D eigenvalue weighted by molar-refractivity contribution is 6.30. The highest BCUT2D eigenvalue weighted by Crippen LogP contribution is 2.24. The zero-order valence-corrected chi connectivity index (χ0v) is 15.7. The first-order valence-corrected chi connectivity index (χ1v) is 9.33. The molecule has 138 valence electrons. The Labute approximate surface area is 158 Å². The quantitative estimate of drug-likeness (QED) is 0.815. The van der Waals surface area contributed by atoms with Gasteiger partial charge in [-0.05, 0) is 61.1 Å². The van der Waals surface area contributed by atoms with Crippen LogP contribution in [-0.2, 0) is 17.8 Å².